The zero-order chi connectivity index (χ0) is 15.7. The summed E-state index contributed by atoms with van der Waals surface area (Å²) >= 11 is 0. The number of hydrogen-bond donors (Lipinski definition) is 2. The topological polar surface area (TPSA) is 83.8 Å². The van der Waals surface area contributed by atoms with Crippen molar-refractivity contribution in [2.45, 2.75) is 13.5 Å². The molecule has 0 saturated heterocycles. The van der Waals surface area contributed by atoms with Gasteiger partial charge in [0.05, 0.1) is 0 Å². The molecular formula is C16H16O5. The molecule has 5 nitrogen and oxygen atoms in total. The van der Waals surface area contributed by atoms with Crippen LogP contribution in [0, 0.1) is 0 Å². The van der Waals surface area contributed by atoms with Gasteiger partial charge in [0.1, 0.15) is 17.9 Å². The molecule has 0 atom stereocenters. The minimum atomic E-state index is -0.833. The summed E-state index contributed by atoms with van der Waals surface area (Å²) < 4.78 is 5.10. The van der Waals surface area contributed by atoms with Gasteiger partial charge >= 0.3 is 5.97 Å². The Balaban J connectivity index is 0.000000491. The minimum absolute atomic E-state index is 0.0643. The van der Waals surface area contributed by atoms with Gasteiger partial charge in [0.15, 0.2) is 0 Å². The smallest absolute Gasteiger partial charge is 0.342 e. The van der Waals surface area contributed by atoms with E-state index in [1.54, 1.807) is 12.1 Å². The zero-order valence-corrected chi connectivity index (χ0v) is 11.5. The molecule has 0 aromatic heterocycles. The van der Waals surface area contributed by atoms with Crippen LogP contribution in [0.5, 0.6) is 5.75 Å². The van der Waals surface area contributed by atoms with Gasteiger partial charge < -0.3 is 14.9 Å². The number of ether oxygens (including phenoxy) is 1. The van der Waals surface area contributed by atoms with Gasteiger partial charge in [-0.15, -0.1) is 0 Å². The summed E-state index contributed by atoms with van der Waals surface area (Å²) in [6.45, 7) is 1.29. The first kappa shape index (κ1) is 16.2. The average Bonchev–Trinajstić information content (AvgIpc) is 2.46. The van der Waals surface area contributed by atoms with Crippen molar-refractivity contribution in [1.82, 2.24) is 0 Å². The van der Waals surface area contributed by atoms with Gasteiger partial charge in [0, 0.05) is 6.92 Å². The summed E-state index contributed by atoms with van der Waals surface area (Å²) in [6, 6.07) is 15.7. The van der Waals surface area contributed by atoms with Crippen LogP contribution in [0.15, 0.2) is 54.6 Å². The number of phenolic OH excluding ortho intramolecular Hbond substituents is 1. The number of esters is 1. The monoisotopic (exact) mass is 288 g/mol. The Bertz CT molecular complexity index is 589. The van der Waals surface area contributed by atoms with E-state index in [9.17, 15) is 9.90 Å². The largest absolute Gasteiger partial charge is 0.507 e. The molecule has 110 valence electrons. The van der Waals surface area contributed by atoms with Gasteiger partial charge in [-0.3, -0.25) is 4.79 Å². The number of aliphatic carboxylic acids is 1. The summed E-state index contributed by atoms with van der Waals surface area (Å²) in [5.74, 6) is -1.42. The lowest BCUT2D eigenvalue weighted by Gasteiger charge is -2.05. The van der Waals surface area contributed by atoms with E-state index in [4.69, 9.17) is 14.6 Å². The molecule has 2 N–H and O–H groups in total. The van der Waals surface area contributed by atoms with E-state index >= 15 is 0 Å². The van der Waals surface area contributed by atoms with Crippen LogP contribution in [0.25, 0.3) is 0 Å². The fourth-order valence-corrected chi connectivity index (χ4v) is 1.45. The Morgan fingerprint density at radius 1 is 1.00 bits per heavy atom. The molecule has 0 amide bonds. The molecule has 0 aliphatic heterocycles. The zero-order valence-electron chi connectivity index (χ0n) is 11.5. The molecule has 0 heterocycles. The predicted octanol–water partition coefficient (Wildman–Crippen LogP) is 2.84. The van der Waals surface area contributed by atoms with Gasteiger partial charge in [0.25, 0.3) is 5.97 Å². The quantitative estimate of drug-likeness (QED) is 0.848. The number of carboxylic acid groups (broad SMARTS) is 1. The minimum Gasteiger partial charge on any atom is -0.507 e. The molecule has 2 aromatic carbocycles. The van der Waals surface area contributed by atoms with E-state index in [1.165, 1.54) is 12.1 Å². The maximum atomic E-state index is 11.7. The van der Waals surface area contributed by atoms with Crippen LogP contribution in [0.2, 0.25) is 0 Å². The number of phenols is 1. The van der Waals surface area contributed by atoms with E-state index in [-0.39, 0.29) is 17.9 Å². The molecule has 2 aromatic rings. The van der Waals surface area contributed by atoms with Crippen molar-refractivity contribution >= 4 is 11.9 Å². The summed E-state index contributed by atoms with van der Waals surface area (Å²) in [5.41, 5.74) is 1.10. The van der Waals surface area contributed by atoms with E-state index in [2.05, 4.69) is 0 Å². The Morgan fingerprint density at radius 2 is 1.52 bits per heavy atom. The van der Waals surface area contributed by atoms with Crippen molar-refractivity contribution < 1.29 is 24.5 Å². The standard InChI is InChI=1S/C14H12O3.C2H4O2/c15-13-9-5-4-8-12(13)14(16)17-10-11-6-2-1-3-7-11;1-2(3)4/h1-9,15H,10H2;1H3,(H,3,4). The Morgan fingerprint density at radius 3 is 2.10 bits per heavy atom. The van der Waals surface area contributed by atoms with E-state index < -0.39 is 11.9 Å². The first-order valence-electron chi connectivity index (χ1n) is 6.19. The number of hydrogen-bond acceptors (Lipinski definition) is 4. The lowest BCUT2D eigenvalue weighted by atomic mass is 10.2. The van der Waals surface area contributed by atoms with Gasteiger partial charge in [-0.05, 0) is 17.7 Å². The molecule has 21 heavy (non-hydrogen) atoms. The van der Waals surface area contributed by atoms with Gasteiger partial charge in [-0.1, -0.05) is 42.5 Å². The second-order valence-electron chi connectivity index (χ2n) is 4.10. The maximum absolute atomic E-state index is 11.7. The third-order valence-electron chi connectivity index (χ3n) is 2.34. The summed E-state index contributed by atoms with van der Waals surface area (Å²) in [6.07, 6.45) is 0. The van der Waals surface area contributed by atoms with E-state index in [0.29, 0.717) is 0 Å². The van der Waals surface area contributed by atoms with Crippen molar-refractivity contribution in [3.63, 3.8) is 0 Å². The molecule has 0 aliphatic rings. The number of para-hydroxylation sites is 1. The highest BCUT2D eigenvalue weighted by Crippen LogP contribution is 2.17. The molecular weight excluding hydrogens is 272 g/mol. The summed E-state index contributed by atoms with van der Waals surface area (Å²) in [5, 5.41) is 16.9. The van der Waals surface area contributed by atoms with Crippen LogP contribution in [-0.4, -0.2) is 22.2 Å². The molecule has 0 aliphatic carbocycles. The third-order valence-corrected chi connectivity index (χ3v) is 2.34. The number of rotatable bonds is 3. The highest BCUT2D eigenvalue weighted by atomic mass is 16.5. The Hall–Kier alpha value is -2.82. The van der Waals surface area contributed by atoms with E-state index in [1.807, 2.05) is 30.3 Å². The van der Waals surface area contributed by atoms with Crippen molar-refractivity contribution in [2.24, 2.45) is 0 Å². The van der Waals surface area contributed by atoms with Crippen molar-refractivity contribution in [3.8, 4) is 5.75 Å². The van der Waals surface area contributed by atoms with Crippen molar-refractivity contribution in [2.75, 3.05) is 0 Å². The number of carbonyl (C=O) groups excluding carboxylic acids is 1. The highest BCUT2D eigenvalue weighted by Gasteiger charge is 2.11. The highest BCUT2D eigenvalue weighted by molar-refractivity contribution is 5.92. The number of benzene rings is 2. The van der Waals surface area contributed by atoms with Crippen molar-refractivity contribution in [3.05, 3.63) is 65.7 Å². The lowest BCUT2D eigenvalue weighted by molar-refractivity contribution is -0.134. The fourth-order valence-electron chi connectivity index (χ4n) is 1.45. The average molecular weight is 288 g/mol. The maximum Gasteiger partial charge on any atom is 0.342 e. The molecule has 0 spiro atoms. The summed E-state index contributed by atoms with van der Waals surface area (Å²) in [4.78, 5) is 20.7. The van der Waals surface area contributed by atoms with Gasteiger partial charge in [-0.2, -0.15) is 0 Å². The van der Waals surface area contributed by atoms with Gasteiger partial charge in [0.2, 0.25) is 0 Å². The molecule has 0 fully saturated rings. The SMILES string of the molecule is CC(=O)O.O=C(OCc1ccccc1)c1ccccc1O. The number of aromatic hydroxyl groups is 1. The van der Waals surface area contributed by atoms with Crippen LogP contribution >= 0.6 is 0 Å². The molecule has 0 bridgehead atoms. The van der Waals surface area contributed by atoms with Crippen LogP contribution in [0.4, 0.5) is 0 Å². The number of carboxylic acids is 1. The van der Waals surface area contributed by atoms with Crippen LogP contribution in [0.3, 0.4) is 0 Å². The Kier molecular flexibility index (Phi) is 6.47. The first-order chi connectivity index (χ1) is 10.0. The number of carbonyl (C=O) groups is 2. The van der Waals surface area contributed by atoms with Crippen molar-refractivity contribution in [1.29, 1.82) is 0 Å². The van der Waals surface area contributed by atoms with E-state index in [0.717, 1.165) is 12.5 Å². The molecule has 0 unspecified atom stereocenters. The normalized spacial score (nSPS) is 9.19. The molecule has 0 saturated carbocycles. The molecule has 2 rings (SSSR count). The van der Waals surface area contributed by atoms with Gasteiger partial charge in [-0.25, -0.2) is 4.79 Å². The van der Waals surface area contributed by atoms with Crippen LogP contribution in [-0.2, 0) is 16.1 Å². The fraction of sp³-hybridized carbons (Fsp3) is 0.125. The second-order valence-corrected chi connectivity index (χ2v) is 4.10. The summed E-state index contributed by atoms with van der Waals surface area (Å²) in [7, 11) is 0. The molecule has 0 radical (unpaired) electrons. The lowest BCUT2D eigenvalue weighted by Crippen LogP contribution is -2.05. The van der Waals surface area contributed by atoms with Crippen LogP contribution < -0.4 is 0 Å². The Labute approximate surface area is 122 Å². The first-order valence-corrected chi connectivity index (χ1v) is 6.19. The van der Waals surface area contributed by atoms with Crippen LogP contribution in [0.1, 0.15) is 22.8 Å². The molecule has 5 heteroatoms. The predicted molar refractivity (Wildman–Crippen MR) is 77.0 cm³/mol. The second kappa shape index (κ2) is 8.37. The third kappa shape index (κ3) is 6.24.